The van der Waals surface area contributed by atoms with Crippen LogP contribution in [0.2, 0.25) is 0 Å². The van der Waals surface area contributed by atoms with Crippen molar-refractivity contribution in [2.75, 3.05) is 0 Å². The van der Waals surface area contributed by atoms with E-state index in [-0.39, 0.29) is 12.0 Å². The van der Waals surface area contributed by atoms with Gasteiger partial charge in [-0.15, -0.1) is 0 Å². The number of benzene rings is 10. The lowest BCUT2D eigenvalue weighted by molar-refractivity contribution is 0.537. The lowest BCUT2D eigenvalue weighted by Crippen LogP contribution is -2.17. The van der Waals surface area contributed by atoms with E-state index in [2.05, 4.69) is 230 Å². The molecule has 1 aliphatic heterocycles. The number of hydrogen-bond acceptors (Lipinski definition) is 4. The zero-order chi connectivity index (χ0) is 47.7. The van der Waals surface area contributed by atoms with Crippen molar-refractivity contribution in [2.45, 2.75) is 25.8 Å². The van der Waals surface area contributed by atoms with Crippen LogP contribution in [0, 0.1) is 5.92 Å². The van der Waals surface area contributed by atoms with Crippen LogP contribution in [0.5, 0.6) is 0 Å². The summed E-state index contributed by atoms with van der Waals surface area (Å²) in [5.41, 5.74) is 18.1. The summed E-state index contributed by atoms with van der Waals surface area (Å²) in [4.78, 5) is 11.2. The van der Waals surface area contributed by atoms with Gasteiger partial charge in [-0.3, -0.25) is 4.99 Å². The highest BCUT2D eigenvalue weighted by Crippen LogP contribution is 2.43. The van der Waals surface area contributed by atoms with Crippen LogP contribution in [0.25, 0.3) is 105 Å². The molecule has 0 saturated heterocycles. The molecule has 1 aliphatic rings. The fourth-order valence-corrected chi connectivity index (χ4v) is 11.3. The largest absolute Gasteiger partial charge is 0.456 e. The minimum atomic E-state index is -0.190. The number of rotatable bonds is 8. The summed E-state index contributed by atoms with van der Waals surface area (Å²) in [5, 5.41) is 6.83. The first-order chi connectivity index (χ1) is 35.6. The Morgan fingerprint density at radius 2 is 0.972 bits per heavy atom. The Morgan fingerprint density at radius 3 is 1.68 bits per heavy atom. The Morgan fingerprint density at radius 1 is 0.417 bits per heavy atom. The summed E-state index contributed by atoms with van der Waals surface area (Å²) in [6.45, 7) is 2.27. The minimum absolute atomic E-state index is 0.113. The van der Waals surface area contributed by atoms with Crippen LogP contribution in [0.4, 0.5) is 0 Å². The number of aliphatic imine (C=N–C) groups is 2. The number of fused-ring (bicyclic) bond motifs is 9. The van der Waals surface area contributed by atoms with Gasteiger partial charge in [0.2, 0.25) is 0 Å². The second-order valence-electron chi connectivity index (χ2n) is 19.1. The van der Waals surface area contributed by atoms with Crippen molar-refractivity contribution in [1.29, 1.82) is 0 Å². The van der Waals surface area contributed by atoms with Gasteiger partial charge in [-0.1, -0.05) is 165 Å². The molecule has 4 heterocycles. The standard InChI is InChI=1S/C67H47N3O2/c1-2-42-38-58(68-67(45-20-11-5-12-21-45)69-66(42)50-28-33-54-53-32-27-49(44-18-9-4-10-19-44)40-63(53)72-64(54)41-50)55-24-15-25-62-65(55)57-37-47(30-35-61(57)71-62)48-26-31-52-56-36-46(43-16-7-3-8-17-43)29-34-59(56)70(60(52)39-48)51-22-13-6-14-23-51/h3-37,39-42,58H,2,38H2,1H3. The fourth-order valence-electron chi connectivity index (χ4n) is 11.3. The predicted octanol–water partition coefficient (Wildman–Crippen LogP) is 18.0. The monoisotopic (exact) mass is 925 g/mol. The number of nitrogens with zero attached hydrogens (tertiary/aromatic N) is 3. The molecule has 0 saturated carbocycles. The number of furan rings is 2. The second kappa shape index (κ2) is 17.1. The highest BCUT2D eigenvalue weighted by Gasteiger charge is 2.29. The van der Waals surface area contributed by atoms with Gasteiger partial charge < -0.3 is 13.4 Å². The Bertz CT molecular complexity index is 4280. The first-order valence-corrected chi connectivity index (χ1v) is 25.0. The van der Waals surface area contributed by atoms with E-state index >= 15 is 0 Å². The van der Waals surface area contributed by atoms with E-state index in [9.17, 15) is 0 Å². The number of aromatic nitrogens is 1. The second-order valence-corrected chi connectivity index (χ2v) is 19.1. The van der Waals surface area contributed by atoms with E-state index in [1.54, 1.807) is 0 Å². The molecule has 2 unspecified atom stereocenters. The van der Waals surface area contributed by atoms with Gasteiger partial charge in [0.25, 0.3) is 0 Å². The highest BCUT2D eigenvalue weighted by atomic mass is 16.3. The van der Waals surface area contributed by atoms with E-state index in [1.165, 1.54) is 33.0 Å². The van der Waals surface area contributed by atoms with Crippen LogP contribution < -0.4 is 0 Å². The average Bonchev–Trinajstić information content (AvgIpc) is 4.07. The van der Waals surface area contributed by atoms with E-state index in [0.29, 0.717) is 0 Å². The highest BCUT2D eigenvalue weighted by molar-refractivity contribution is 6.17. The molecule has 72 heavy (non-hydrogen) atoms. The van der Waals surface area contributed by atoms with Gasteiger partial charge in [-0.2, -0.15) is 0 Å². The molecule has 13 aromatic rings. The van der Waals surface area contributed by atoms with E-state index in [1.807, 2.05) is 12.1 Å². The SMILES string of the molecule is CCC1CC(c2cccc3oc4ccc(-c5ccc6c7cc(-c8ccccc8)ccc7n(-c7ccccc7)c6c5)cc4c23)N=C(c2ccccc2)N=C1c1ccc2c(c1)oc1cc(-c3ccccc3)ccc12. The van der Waals surface area contributed by atoms with E-state index in [4.69, 9.17) is 18.8 Å². The molecule has 5 heteroatoms. The van der Waals surface area contributed by atoms with E-state index < -0.39 is 0 Å². The van der Waals surface area contributed by atoms with Crippen molar-refractivity contribution in [3.8, 4) is 39.1 Å². The summed E-state index contributed by atoms with van der Waals surface area (Å²) < 4.78 is 15.8. The van der Waals surface area contributed by atoms with Gasteiger partial charge in [0.05, 0.1) is 22.8 Å². The Kier molecular flexibility index (Phi) is 9.95. The third kappa shape index (κ3) is 7.07. The molecule has 0 radical (unpaired) electrons. The van der Waals surface area contributed by atoms with Gasteiger partial charge in [0, 0.05) is 55.0 Å². The zero-order valence-electron chi connectivity index (χ0n) is 39.7. The summed E-state index contributed by atoms with van der Waals surface area (Å²) in [6, 6.07) is 82.0. The van der Waals surface area contributed by atoms with E-state index in [0.717, 1.165) is 113 Å². The third-order valence-corrected chi connectivity index (χ3v) is 14.9. The Labute approximate surface area is 416 Å². The van der Waals surface area contributed by atoms with Gasteiger partial charge in [0.1, 0.15) is 22.3 Å². The molecule has 10 aromatic carbocycles. The smallest absolute Gasteiger partial charge is 0.155 e. The van der Waals surface area contributed by atoms with Crippen LogP contribution in [0.15, 0.2) is 249 Å². The summed E-state index contributed by atoms with van der Waals surface area (Å²) in [7, 11) is 0. The van der Waals surface area contributed by atoms with Crippen molar-refractivity contribution in [3.05, 3.63) is 247 Å². The number of amidine groups is 1. The molecule has 0 bridgehead atoms. The average molecular weight is 926 g/mol. The molecule has 0 spiro atoms. The molecule has 14 rings (SSSR count). The Hall–Kier alpha value is -9.06. The van der Waals surface area contributed by atoms with Crippen LogP contribution >= 0.6 is 0 Å². The van der Waals surface area contributed by atoms with Gasteiger partial charge >= 0.3 is 0 Å². The van der Waals surface area contributed by atoms with Crippen molar-refractivity contribution in [1.82, 2.24) is 4.57 Å². The zero-order valence-corrected chi connectivity index (χ0v) is 39.7. The molecule has 3 aromatic heterocycles. The van der Waals surface area contributed by atoms with Gasteiger partial charge in [-0.05, 0) is 125 Å². The first kappa shape index (κ1) is 41.9. The predicted molar refractivity (Wildman–Crippen MR) is 299 cm³/mol. The molecule has 0 amide bonds. The maximum atomic E-state index is 6.70. The normalized spacial score (nSPS) is 15.2. The van der Waals surface area contributed by atoms with Gasteiger partial charge in [0.15, 0.2) is 5.84 Å². The molecular formula is C67H47N3O2. The number of para-hydroxylation sites is 1. The minimum Gasteiger partial charge on any atom is -0.456 e. The van der Waals surface area contributed by atoms with Gasteiger partial charge in [-0.25, -0.2) is 4.99 Å². The number of hydrogen-bond donors (Lipinski definition) is 0. The molecular weight excluding hydrogens is 879 g/mol. The summed E-state index contributed by atoms with van der Waals surface area (Å²) in [5.74, 6) is 0.842. The summed E-state index contributed by atoms with van der Waals surface area (Å²) >= 11 is 0. The lowest BCUT2D eigenvalue weighted by atomic mass is 9.85. The van der Waals surface area contributed by atoms with Crippen molar-refractivity contribution in [2.24, 2.45) is 15.9 Å². The maximum Gasteiger partial charge on any atom is 0.155 e. The fraction of sp³-hybridized carbons (Fsp3) is 0.0746. The molecule has 2 atom stereocenters. The molecule has 5 nitrogen and oxygen atoms in total. The van der Waals surface area contributed by atoms with Crippen LogP contribution in [-0.4, -0.2) is 16.1 Å². The first-order valence-electron chi connectivity index (χ1n) is 25.0. The van der Waals surface area contributed by atoms with Crippen molar-refractivity contribution >= 4 is 77.2 Å². The summed E-state index contributed by atoms with van der Waals surface area (Å²) in [6.07, 6.45) is 1.68. The third-order valence-electron chi connectivity index (χ3n) is 14.9. The quantitative estimate of drug-likeness (QED) is 0.152. The molecule has 0 fully saturated rings. The van der Waals surface area contributed by atoms with Crippen LogP contribution in [-0.2, 0) is 0 Å². The molecule has 0 aliphatic carbocycles. The molecule has 0 N–H and O–H groups in total. The lowest BCUT2D eigenvalue weighted by Gasteiger charge is -2.20. The van der Waals surface area contributed by atoms with Crippen molar-refractivity contribution < 1.29 is 8.83 Å². The van der Waals surface area contributed by atoms with Crippen molar-refractivity contribution in [3.63, 3.8) is 0 Å². The topological polar surface area (TPSA) is 55.9 Å². The maximum absolute atomic E-state index is 6.70. The van der Waals surface area contributed by atoms with Crippen LogP contribution in [0.3, 0.4) is 0 Å². The van der Waals surface area contributed by atoms with Crippen LogP contribution in [0.1, 0.15) is 42.5 Å². The Balaban J connectivity index is 0.873. The molecule has 342 valence electrons.